The van der Waals surface area contributed by atoms with Gasteiger partial charge in [-0.2, -0.15) is 10.2 Å². The topological polar surface area (TPSA) is 79.5 Å². The van der Waals surface area contributed by atoms with Gasteiger partial charge in [0.05, 0.1) is 12.8 Å². The number of carbonyl (C=O) groups excluding carboxylic acids is 1. The molecule has 5 aromatic rings. The predicted molar refractivity (Wildman–Crippen MR) is 155 cm³/mol. The number of hydrazone groups is 1. The zero-order valence-electron chi connectivity index (χ0n) is 20.7. The molecule has 4 aromatic carbocycles. The van der Waals surface area contributed by atoms with Crippen LogP contribution in [0.25, 0.3) is 11.3 Å². The molecule has 0 saturated carbocycles. The van der Waals surface area contributed by atoms with Gasteiger partial charge in [0.25, 0.3) is 5.91 Å². The number of halogens is 2. The van der Waals surface area contributed by atoms with E-state index in [1.807, 2.05) is 42.5 Å². The van der Waals surface area contributed by atoms with Crippen molar-refractivity contribution in [2.45, 2.75) is 12.1 Å². The first-order valence-corrected chi connectivity index (χ1v) is 12.9. The molecule has 1 aromatic heterocycles. The zero-order chi connectivity index (χ0) is 27.2. The molecule has 0 saturated heterocycles. The van der Waals surface area contributed by atoms with Crippen LogP contribution in [0.1, 0.15) is 22.3 Å². The summed E-state index contributed by atoms with van der Waals surface area (Å²) in [5, 5.41) is 21.7. The van der Waals surface area contributed by atoms with Crippen LogP contribution in [0.5, 0.6) is 0 Å². The number of hydrogen-bond donors (Lipinski definition) is 2. The Kier molecular flexibility index (Phi) is 7.89. The molecule has 6 nitrogen and oxygen atoms in total. The highest BCUT2D eigenvalue weighted by molar-refractivity contribution is 6.36. The molecule has 39 heavy (non-hydrogen) atoms. The Bertz CT molecular complexity index is 1540. The molecule has 0 fully saturated rings. The van der Waals surface area contributed by atoms with E-state index in [0.717, 1.165) is 11.1 Å². The van der Waals surface area contributed by atoms with Crippen LogP contribution in [0.3, 0.4) is 0 Å². The van der Waals surface area contributed by atoms with Crippen LogP contribution < -0.4 is 5.43 Å². The second kappa shape index (κ2) is 11.7. The van der Waals surface area contributed by atoms with Crippen LogP contribution >= 0.6 is 23.2 Å². The third-order valence-electron chi connectivity index (χ3n) is 6.30. The molecule has 0 aliphatic heterocycles. The van der Waals surface area contributed by atoms with Crippen molar-refractivity contribution in [3.8, 4) is 11.3 Å². The van der Waals surface area contributed by atoms with Crippen molar-refractivity contribution in [1.82, 2.24) is 15.2 Å². The van der Waals surface area contributed by atoms with Crippen molar-refractivity contribution in [3.05, 3.63) is 148 Å². The van der Waals surface area contributed by atoms with E-state index in [1.54, 1.807) is 77.6 Å². The summed E-state index contributed by atoms with van der Waals surface area (Å²) in [5.41, 5.74) is 4.39. The summed E-state index contributed by atoms with van der Waals surface area (Å²) in [6.07, 6.45) is 3.31. The number of amides is 1. The maximum absolute atomic E-state index is 13.4. The highest BCUT2D eigenvalue weighted by Crippen LogP contribution is 2.30. The fraction of sp³-hybridized carbons (Fsp3) is 0.0645. The van der Waals surface area contributed by atoms with E-state index in [-0.39, 0.29) is 0 Å². The van der Waals surface area contributed by atoms with Crippen LogP contribution in [0.4, 0.5) is 0 Å². The minimum atomic E-state index is -1.94. The van der Waals surface area contributed by atoms with Gasteiger partial charge in [0.15, 0.2) is 5.60 Å². The van der Waals surface area contributed by atoms with Gasteiger partial charge in [-0.1, -0.05) is 120 Å². The highest BCUT2D eigenvalue weighted by Gasteiger charge is 2.39. The lowest BCUT2D eigenvalue weighted by Gasteiger charge is -2.27. The Morgan fingerprint density at radius 2 is 1.38 bits per heavy atom. The van der Waals surface area contributed by atoms with Crippen molar-refractivity contribution >= 4 is 35.3 Å². The van der Waals surface area contributed by atoms with E-state index in [0.29, 0.717) is 39.0 Å². The fourth-order valence-electron chi connectivity index (χ4n) is 4.31. The van der Waals surface area contributed by atoms with Gasteiger partial charge in [-0.05, 0) is 23.3 Å². The lowest BCUT2D eigenvalue weighted by molar-refractivity contribution is -0.136. The highest BCUT2D eigenvalue weighted by atomic mass is 35.5. The second-order valence-corrected chi connectivity index (χ2v) is 9.65. The molecule has 0 radical (unpaired) electrons. The first-order valence-electron chi connectivity index (χ1n) is 12.2. The number of hydrogen-bond acceptors (Lipinski definition) is 4. The summed E-state index contributed by atoms with van der Waals surface area (Å²) in [6.45, 7) is 0.348. The number of nitrogens with zero attached hydrogens (tertiary/aromatic N) is 3. The van der Waals surface area contributed by atoms with Crippen LogP contribution in [0, 0.1) is 0 Å². The Morgan fingerprint density at radius 3 is 1.95 bits per heavy atom. The molecule has 0 spiro atoms. The van der Waals surface area contributed by atoms with Crippen molar-refractivity contribution in [2.75, 3.05) is 0 Å². The van der Waals surface area contributed by atoms with E-state index in [4.69, 9.17) is 28.3 Å². The molecule has 5 rings (SSSR count). The molecule has 0 aliphatic rings. The number of aliphatic hydroxyl groups is 1. The van der Waals surface area contributed by atoms with Gasteiger partial charge < -0.3 is 5.11 Å². The van der Waals surface area contributed by atoms with Gasteiger partial charge in [-0.15, -0.1) is 0 Å². The Balaban J connectivity index is 1.46. The summed E-state index contributed by atoms with van der Waals surface area (Å²) >= 11 is 12.8. The van der Waals surface area contributed by atoms with Crippen LogP contribution in [-0.2, 0) is 16.9 Å². The SMILES string of the molecule is O=C(NN=Cc1cn(Cc2c(Cl)cccc2Cl)nc1-c1ccccc1)C(O)(c1ccccc1)c1ccccc1. The molecule has 194 valence electrons. The first-order chi connectivity index (χ1) is 19.0. The summed E-state index contributed by atoms with van der Waals surface area (Å²) in [5.74, 6) is -0.687. The van der Waals surface area contributed by atoms with E-state index >= 15 is 0 Å². The number of rotatable bonds is 8. The molecule has 2 N–H and O–H groups in total. The van der Waals surface area contributed by atoms with E-state index in [1.165, 1.54) is 6.21 Å². The first kappa shape index (κ1) is 26.4. The average molecular weight is 555 g/mol. The smallest absolute Gasteiger partial charge is 0.281 e. The molecule has 1 heterocycles. The largest absolute Gasteiger partial charge is 0.372 e. The number of carbonyl (C=O) groups is 1. The molecular formula is C31H24Cl2N4O2. The summed E-state index contributed by atoms with van der Waals surface area (Å²) in [7, 11) is 0. The Hall–Kier alpha value is -4.23. The molecule has 0 aliphatic carbocycles. The number of benzene rings is 4. The number of aromatic nitrogens is 2. The summed E-state index contributed by atoms with van der Waals surface area (Å²) < 4.78 is 1.73. The molecule has 8 heteroatoms. The van der Waals surface area contributed by atoms with Gasteiger partial charge in [-0.3, -0.25) is 9.48 Å². The fourth-order valence-corrected chi connectivity index (χ4v) is 4.82. The van der Waals surface area contributed by atoms with Crippen molar-refractivity contribution in [1.29, 1.82) is 0 Å². The van der Waals surface area contributed by atoms with Crippen LogP contribution in [-0.4, -0.2) is 27.0 Å². The zero-order valence-corrected chi connectivity index (χ0v) is 22.2. The molecule has 0 atom stereocenters. The van der Waals surface area contributed by atoms with Gasteiger partial charge >= 0.3 is 0 Å². The standard InChI is InChI=1S/C31H24Cl2N4O2/c32-27-17-10-18-28(33)26(27)21-37-20-23(29(36-37)22-11-4-1-5-12-22)19-34-35-30(38)31(39,24-13-6-2-7-14-24)25-15-8-3-9-16-25/h1-20,39H,21H2,(H,35,38). The van der Waals surface area contributed by atoms with E-state index in [9.17, 15) is 9.90 Å². The Labute approximate surface area is 236 Å². The molecule has 0 unspecified atom stereocenters. The lowest BCUT2D eigenvalue weighted by atomic mass is 9.85. The molecule has 1 amide bonds. The maximum Gasteiger partial charge on any atom is 0.281 e. The molecule has 0 bridgehead atoms. The normalized spacial score (nSPS) is 11.6. The second-order valence-electron chi connectivity index (χ2n) is 8.84. The van der Waals surface area contributed by atoms with Gasteiger partial charge in [0.1, 0.15) is 5.69 Å². The van der Waals surface area contributed by atoms with Crippen molar-refractivity contribution in [3.63, 3.8) is 0 Å². The van der Waals surface area contributed by atoms with Gasteiger partial charge in [0, 0.05) is 32.9 Å². The van der Waals surface area contributed by atoms with Gasteiger partial charge in [-0.25, -0.2) is 5.43 Å². The Morgan fingerprint density at radius 1 is 0.846 bits per heavy atom. The van der Waals surface area contributed by atoms with E-state index in [2.05, 4.69) is 10.5 Å². The van der Waals surface area contributed by atoms with Crippen molar-refractivity contribution < 1.29 is 9.90 Å². The minimum Gasteiger partial charge on any atom is -0.372 e. The average Bonchev–Trinajstić information content (AvgIpc) is 3.38. The monoisotopic (exact) mass is 554 g/mol. The third kappa shape index (κ3) is 5.64. The van der Waals surface area contributed by atoms with E-state index < -0.39 is 11.5 Å². The van der Waals surface area contributed by atoms with Gasteiger partial charge in [0.2, 0.25) is 0 Å². The lowest BCUT2D eigenvalue weighted by Crippen LogP contribution is -2.43. The van der Waals surface area contributed by atoms with Crippen molar-refractivity contribution in [2.24, 2.45) is 5.10 Å². The summed E-state index contributed by atoms with van der Waals surface area (Å²) in [6, 6.07) is 32.5. The minimum absolute atomic E-state index is 0.348. The summed E-state index contributed by atoms with van der Waals surface area (Å²) in [4.78, 5) is 13.4. The van der Waals surface area contributed by atoms with Crippen LogP contribution in [0.2, 0.25) is 10.0 Å². The predicted octanol–water partition coefficient (Wildman–Crippen LogP) is 6.29. The third-order valence-corrected chi connectivity index (χ3v) is 7.01. The molecular weight excluding hydrogens is 531 g/mol. The quantitative estimate of drug-likeness (QED) is 0.175. The maximum atomic E-state index is 13.4. The van der Waals surface area contributed by atoms with Crippen LogP contribution in [0.15, 0.2) is 120 Å². The number of nitrogens with one attached hydrogen (secondary N) is 1.